The molecule has 0 aromatic rings. The Morgan fingerprint density at radius 3 is 2.32 bits per heavy atom. The van der Waals surface area contributed by atoms with Gasteiger partial charge in [-0.2, -0.15) is 0 Å². The molecule has 0 aromatic heterocycles. The zero-order valence-corrected chi connectivity index (χ0v) is 12.8. The van der Waals surface area contributed by atoms with Crippen LogP contribution in [0.1, 0.15) is 39.5 Å². The molecule has 2 unspecified atom stereocenters. The van der Waals surface area contributed by atoms with E-state index in [-0.39, 0.29) is 0 Å². The Balaban J connectivity index is 1.51. The average Bonchev–Trinajstić information content (AvgIpc) is 2.39. The third kappa shape index (κ3) is 2.98. The van der Waals surface area contributed by atoms with Crippen molar-refractivity contribution >= 4 is 0 Å². The fourth-order valence-electron chi connectivity index (χ4n) is 4.41. The molecule has 0 aromatic carbocycles. The molecule has 1 saturated carbocycles. The maximum atomic E-state index is 3.46. The van der Waals surface area contributed by atoms with E-state index >= 15 is 0 Å². The number of rotatable bonds is 3. The van der Waals surface area contributed by atoms with Crippen LogP contribution >= 0.6 is 0 Å². The first-order valence-corrected chi connectivity index (χ1v) is 8.44. The van der Waals surface area contributed by atoms with E-state index in [2.05, 4.69) is 29.0 Å². The Hall–Kier alpha value is -0.120. The molecule has 1 aliphatic carbocycles. The van der Waals surface area contributed by atoms with E-state index in [0.717, 1.165) is 23.9 Å². The number of likely N-dealkylation sites (tertiary alicyclic amines) is 1. The highest BCUT2D eigenvalue weighted by atomic mass is 15.3. The molecule has 19 heavy (non-hydrogen) atoms. The number of hydrogen-bond acceptors (Lipinski definition) is 3. The lowest BCUT2D eigenvalue weighted by atomic mass is 9.76. The number of nitrogens with zero attached hydrogens (tertiary/aromatic N) is 2. The zero-order valence-electron chi connectivity index (χ0n) is 12.8. The second kappa shape index (κ2) is 6.11. The third-order valence-electron chi connectivity index (χ3n) is 5.67. The van der Waals surface area contributed by atoms with Crippen LogP contribution in [-0.4, -0.2) is 61.2 Å². The van der Waals surface area contributed by atoms with Crippen molar-refractivity contribution in [1.29, 1.82) is 0 Å². The highest BCUT2D eigenvalue weighted by Crippen LogP contribution is 2.36. The Morgan fingerprint density at radius 2 is 1.63 bits per heavy atom. The summed E-state index contributed by atoms with van der Waals surface area (Å²) < 4.78 is 0. The molecule has 0 amide bonds. The topological polar surface area (TPSA) is 18.5 Å². The summed E-state index contributed by atoms with van der Waals surface area (Å²) in [5, 5.41) is 3.46. The van der Waals surface area contributed by atoms with Gasteiger partial charge < -0.3 is 5.32 Å². The molecule has 1 N–H and O–H groups in total. The van der Waals surface area contributed by atoms with E-state index in [9.17, 15) is 0 Å². The van der Waals surface area contributed by atoms with Crippen LogP contribution < -0.4 is 5.32 Å². The van der Waals surface area contributed by atoms with Crippen molar-refractivity contribution in [2.75, 3.05) is 39.3 Å². The summed E-state index contributed by atoms with van der Waals surface area (Å²) in [4.78, 5) is 5.51. The van der Waals surface area contributed by atoms with Crippen molar-refractivity contribution in [2.45, 2.75) is 51.6 Å². The zero-order chi connectivity index (χ0) is 13.2. The monoisotopic (exact) mass is 265 g/mol. The molecular formula is C16H31N3. The first-order valence-electron chi connectivity index (χ1n) is 8.44. The number of hydrogen-bond donors (Lipinski definition) is 1. The molecule has 2 saturated heterocycles. The van der Waals surface area contributed by atoms with Gasteiger partial charge in [-0.25, -0.2) is 0 Å². The molecule has 0 radical (unpaired) electrons. The van der Waals surface area contributed by atoms with Crippen LogP contribution in [0.25, 0.3) is 0 Å². The van der Waals surface area contributed by atoms with Crippen molar-refractivity contribution in [3.8, 4) is 0 Å². The minimum Gasteiger partial charge on any atom is -0.314 e. The lowest BCUT2D eigenvalue weighted by Crippen LogP contribution is -2.66. The van der Waals surface area contributed by atoms with Gasteiger partial charge in [-0.15, -0.1) is 0 Å². The van der Waals surface area contributed by atoms with Gasteiger partial charge in [-0.1, -0.05) is 26.7 Å². The minimum absolute atomic E-state index is 0.858. The molecule has 2 atom stereocenters. The van der Waals surface area contributed by atoms with Crippen LogP contribution in [0.4, 0.5) is 0 Å². The molecule has 2 aliphatic heterocycles. The van der Waals surface area contributed by atoms with Gasteiger partial charge in [-0.3, -0.25) is 9.80 Å². The Kier molecular flexibility index (Phi) is 4.45. The Morgan fingerprint density at radius 1 is 0.947 bits per heavy atom. The SMILES string of the molecule is CC(C)C1CCCCC1N1CC(N2CCNCC2)C1. The summed E-state index contributed by atoms with van der Waals surface area (Å²) in [6, 6.07) is 1.75. The Labute approximate surface area is 118 Å². The van der Waals surface area contributed by atoms with Crippen molar-refractivity contribution in [1.82, 2.24) is 15.1 Å². The molecule has 3 fully saturated rings. The van der Waals surface area contributed by atoms with E-state index in [0.29, 0.717) is 0 Å². The van der Waals surface area contributed by atoms with Gasteiger partial charge in [0, 0.05) is 51.4 Å². The lowest BCUT2D eigenvalue weighted by Gasteiger charge is -2.53. The smallest absolute Gasteiger partial charge is 0.0351 e. The third-order valence-corrected chi connectivity index (χ3v) is 5.67. The molecule has 110 valence electrons. The standard InChI is InChI=1S/C16H31N3/c1-13(2)15-5-3-4-6-16(15)19-11-14(12-19)18-9-7-17-8-10-18/h13-17H,3-12H2,1-2H3. The van der Waals surface area contributed by atoms with Gasteiger partial charge in [0.05, 0.1) is 0 Å². The summed E-state index contributed by atoms with van der Waals surface area (Å²) in [6.07, 6.45) is 5.85. The van der Waals surface area contributed by atoms with Gasteiger partial charge in [0.25, 0.3) is 0 Å². The molecule has 3 heteroatoms. The predicted octanol–water partition coefficient (Wildman–Crippen LogP) is 1.79. The highest BCUT2D eigenvalue weighted by Gasteiger charge is 2.40. The van der Waals surface area contributed by atoms with Crippen molar-refractivity contribution in [3.05, 3.63) is 0 Å². The fourth-order valence-corrected chi connectivity index (χ4v) is 4.41. The normalized spacial score (nSPS) is 35.5. The van der Waals surface area contributed by atoms with Crippen LogP contribution in [0.5, 0.6) is 0 Å². The first kappa shape index (κ1) is 13.8. The quantitative estimate of drug-likeness (QED) is 0.839. The molecule has 0 bridgehead atoms. The van der Waals surface area contributed by atoms with Crippen molar-refractivity contribution in [3.63, 3.8) is 0 Å². The van der Waals surface area contributed by atoms with Crippen LogP contribution in [0.3, 0.4) is 0 Å². The summed E-state index contributed by atoms with van der Waals surface area (Å²) in [7, 11) is 0. The highest BCUT2D eigenvalue weighted by molar-refractivity contribution is 4.96. The average molecular weight is 265 g/mol. The van der Waals surface area contributed by atoms with Crippen LogP contribution in [-0.2, 0) is 0 Å². The maximum absolute atomic E-state index is 3.46. The lowest BCUT2D eigenvalue weighted by molar-refractivity contribution is -0.0358. The van der Waals surface area contributed by atoms with Gasteiger partial charge in [-0.05, 0) is 24.7 Å². The van der Waals surface area contributed by atoms with Gasteiger partial charge in [0.2, 0.25) is 0 Å². The second-order valence-electron chi connectivity index (χ2n) is 7.15. The van der Waals surface area contributed by atoms with Gasteiger partial charge in [0.15, 0.2) is 0 Å². The summed E-state index contributed by atoms with van der Waals surface area (Å²) in [5.41, 5.74) is 0. The molecule has 3 aliphatic rings. The van der Waals surface area contributed by atoms with E-state index in [1.54, 1.807) is 0 Å². The molecule has 2 heterocycles. The molecular weight excluding hydrogens is 234 g/mol. The summed E-state index contributed by atoms with van der Waals surface area (Å²) in [6.45, 7) is 12.4. The molecule has 0 spiro atoms. The summed E-state index contributed by atoms with van der Waals surface area (Å²) in [5.74, 6) is 1.82. The second-order valence-corrected chi connectivity index (χ2v) is 7.15. The van der Waals surface area contributed by atoms with Gasteiger partial charge in [0.1, 0.15) is 0 Å². The number of piperazine rings is 1. The fraction of sp³-hybridized carbons (Fsp3) is 1.00. The van der Waals surface area contributed by atoms with Crippen LogP contribution in [0.2, 0.25) is 0 Å². The largest absolute Gasteiger partial charge is 0.314 e. The van der Waals surface area contributed by atoms with E-state index < -0.39 is 0 Å². The minimum atomic E-state index is 0.858. The van der Waals surface area contributed by atoms with E-state index in [1.807, 2.05) is 0 Å². The van der Waals surface area contributed by atoms with Gasteiger partial charge >= 0.3 is 0 Å². The van der Waals surface area contributed by atoms with E-state index in [4.69, 9.17) is 0 Å². The maximum Gasteiger partial charge on any atom is 0.0351 e. The van der Waals surface area contributed by atoms with Crippen molar-refractivity contribution < 1.29 is 0 Å². The van der Waals surface area contributed by atoms with E-state index in [1.165, 1.54) is 65.0 Å². The van der Waals surface area contributed by atoms with Crippen molar-refractivity contribution in [2.24, 2.45) is 11.8 Å². The predicted molar refractivity (Wildman–Crippen MR) is 80.4 cm³/mol. The number of nitrogens with one attached hydrogen (secondary N) is 1. The Bertz CT molecular complexity index is 280. The van der Waals surface area contributed by atoms with Crippen LogP contribution in [0.15, 0.2) is 0 Å². The molecule has 3 rings (SSSR count). The molecule has 3 nitrogen and oxygen atoms in total. The van der Waals surface area contributed by atoms with Crippen LogP contribution in [0, 0.1) is 11.8 Å². The first-order chi connectivity index (χ1) is 9.25. The summed E-state index contributed by atoms with van der Waals surface area (Å²) >= 11 is 0.